The van der Waals surface area contributed by atoms with Crippen molar-refractivity contribution in [3.05, 3.63) is 129 Å². The smallest absolute Gasteiger partial charge is 0.322 e. The van der Waals surface area contributed by atoms with E-state index in [0.717, 1.165) is 35.1 Å². The molecule has 4 N–H and O–H groups in total. The third kappa shape index (κ3) is 8.50. The number of nitrogens with zero attached hydrogens (tertiary/aromatic N) is 4. The summed E-state index contributed by atoms with van der Waals surface area (Å²) in [6.07, 6.45) is 3.82. The van der Waals surface area contributed by atoms with Crippen LogP contribution in [0, 0.1) is 0 Å². The molecule has 0 radical (unpaired) electrons. The van der Waals surface area contributed by atoms with Gasteiger partial charge in [-0.25, -0.2) is 0 Å². The summed E-state index contributed by atoms with van der Waals surface area (Å²) >= 11 is 12.1. The van der Waals surface area contributed by atoms with Crippen LogP contribution in [0.1, 0.15) is 67.1 Å². The Morgan fingerprint density at radius 3 is 1.62 bits per heavy atom. The second-order valence-corrected chi connectivity index (χ2v) is 14.4. The van der Waals surface area contributed by atoms with Gasteiger partial charge in [-0.05, 0) is 84.3 Å². The lowest BCUT2D eigenvalue weighted by Crippen LogP contribution is -2.27. The summed E-state index contributed by atoms with van der Waals surface area (Å²) in [4.78, 5) is 24.0. The van der Waals surface area contributed by atoms with Crippen LogP contribution in [0.3, 0.4) is 0 Å². The number of hydrogen-bond acceptors (Lipinski definition) is 13. The number of carbonyl (C=O) groups excluding carboxylic acids is 1. The number of carbonyl (C=O) groups is 2. The summed E-state index contributed by atoms with van der Waals surface area (Å²) in [5.41, 5.74) is 7.57. The molecule has 0 spiro atoms. The molecular formula is C41H38Cl2N6O9. The van der Waals surface area contributed by atoms with Crippen LogP contribution in [-0.4, -0.2) is 51.0 Å². The Balaban J connectivity index is 0.000000144. The Morgan fingerprint density at radius 1 is 0.655 bits per heavy atom. The summed E-state index contributed by atoms with van der Waals surface area (Å²) < 4.78 is 31.8. The number of nitrogen functional groups attached to an aromatic ring is 1. The molecule has 6 aromatic rings. The average Bonchev–Trinajstić information content (AvgIpc) is 3.93. The molecule has 0 unspecified atom stereocenters. The molecule has 17 heteroatoms. The highest BCUT2D eigenvalue weighted by Crippen LogP contribution is 2.52. The molecule has 58 heavy (non-hydrogen) atoms. The first-order valence-electron chi connectivity index (χ1n) is 17.8. The van der Waals surface area contributed by atoms with Crippen molar-refractivity contribution in [2.24, 2.45) is 0 Å². The third-order valence-electron chi connectivity index (χ3n) is 9.96. The number of nitrogens with one attached hydrogen (secondary N) is 1. The van der Waals surface area contributed by atoms with Gasteiger partial charge in [0, 0.05) is 10.0 Å². The van der Waals surface area contributed by atoms with Crippen LogP contribution in [0.5, 0.6) is 23.0 Å². The van der Waals surface area contributed by atoms with Gasteiger partial charge in [-0.3, -0.25) is 14.9 Å². The molecule has 2 aliphatic heterocycles. The van der Waals surface area contributed by atoms with E-state index in [1.807, 2.05) is 66.7 Å². The minimum atomic E-state index is -0.749. The minimum absolute atomic E-state index is 0. The Morgan fingerprint density at radius 2 is 1.14 bits per heavy atom. The Hall–Kier alpha value is -6.32. The van der Waals surface area contributed by atoms with Crippen molar-refractivity contribution >= 4 is 47.1 Å². The SMILES string of the molecule is C.Nc1nnc(Cc2ccccc2Cl)o1.O=C(Nc1nnc(Cc2ccccc2Cl)o1)C1(c2ccc3c(c2)OCO3)CC1.O=C(O)C1(c2ccc3c(c2)OCO3)CC1. The van der Waals surface area contributed by atoms with Crippen molar-refractivity contribution < 1.29 is 42.5 Å². The molecule has 300 valence electrons. The molecule has 1 amide bonds. The number of aromatic nitrogens is 4. The first-order valence-corrected chi connectivity index (χ1v) is 18.6. The number of benzene rings is 4. The fraction of sp³-hybridized carbons (Fsp3) is 0.268. The monoisotopic (exact) mass is 828 g/mol. The van der Waals surface area contributed by atoms with E-state index in [1.165, 1.54) is 0 Å². The number of rotatable bonds is 9. The number of halogens is 2. The zero-order valence-electron chi connectivity index (χ0n) is 30.1. The van der Waals surface area contributed by atoms with Crippen LogP contribution in [-0.2, 0) is 33.3 Å². The van der Waals surface area contributed by atoms with Gasteiger partial charge in [0.15, 0.2) is 23.0 Å². The average molecular weight is 830 g/mol. The Bertz CT molecular complexity index is 2450. The lowest BCUT2D eigenvalue weighted by atomic mass is 9.94. The standard InChI is InChI=1S/C20H16ClN3O4.C11H10O4.C9H8ClN3O.CH4/c21-14-4-2-1-3-12(14)9-17-23-24-19(28-17)22-18(25)20(7-8-20)13-5-6-15-16(10-13)27-11-26-15;12-10(13)11(3-4-11)7-1-2-8-9(5-7)15-6-14-8;10-7-4-2-1-3-6(7)5-8-12-13-9(11)14-8;/h1-6,10H,7-9,11H2,(H,22,24,25);1-2,5H,3-4,6H2,(H,12,13);1-4H,5H2,(H2,11,13);1H4. The molecule has 15 nitrogen and oxygen atoms in total. The van der Waals surface area contributed by atoms with Crippen molar-refractivity contribution in [3.8, 4) is 23.0 Å². The normalized spacial score (nSPS) is 15.4. The molecule has 4 aromatic carbocycles. The van der Waals surface area contributed by atoms with Crippen molar-refractivity contribution in [2.75, 3.05) is 24.6 Å². The maximum atomic E-state index is 12.9. The van der Waals surface area contributed by atoms with E-state index in [9.17, 15) is 9.59 Å². The van der Waals surface area contributed by atoms with Crippen molar-refractivity contribution in [3.63, 3.8) is 0 Å². The molecule has 2 fully saturated rings. The number of amides is 1. The van der Waals surface area contributed by atoms with Crippen LogP contribution in [0.2, 0.25) is 10.0 Å². The van der Waals surface area contributed by atoms with Gasteiger partial charge in [-0.2, -0.15) is 0 Å². The first kappa shape index (κ1) is 39.9. The molecular weight excluding hydrogens is 791 g/mol. The van der Waals surface area contributed by atoms with Gasteiger partial charge in [0.25, 0.3) is 0 Å². The van der Waals surface area contributed by atoms with Gasteiger partial charge < -0.3 is 38.6 Å². The van der Waals surface area contributed by atoms with E-state index in [0.29, 0.717) is 70.5 Å². The summed E-state index contributed by atoms with van der Waals surface area (Å²) in [5.74, 6) is 2.64. The zero-order valence-corrected chi connectivity index (χ0v) is 31.6. The molecule has 10 rings (SSSR count). The summed E-state index contributed by atoms with van der Waals surface area (Å²) in [5, 5.41) is 28.4. The van der Waals surface area contributed by atoms with Crippen LogP contribution in [0.25, 0.3) is 0 Å². The number of carboxylic acids is 1. The highest BCUT2D eigenvalue weighted by Gasteiger charge is 2.53. The predicted molar refractivity (Wildman–Crippen MR) is 211 cm³/mol. The summed E-state index contributed by atoms with van der Waals surface area (Å²) in [7, 11) is 0. The van der Waals surface area contributed by atoms with E-state index < -0.39 is 16.8 Å². The Labute approximate surface area is 342 Å². The third-order valence-corrected chi connectivity index (χ3v) is 10.7. The largest absolute Gasteiger partial charge is 0.481 e. The number of carboxylic acid groups (broad SMARTS) is 1. The molecule has 2 saturated carbocycles. The van der Waals surface area contributed by atoms with E-state index in [-0.39, 0.29) is 38.9 Å². The lowest BCUT2D eigenvalue weighted by Gasteiger charge is -2.14. The van der Waals surface area contributed by atoms with Crippen LogP contribution in [0.4, 0.5) is 12.0 Å². The van der Waals surface area contributed by atoms with Crippen molar-refractivity contribution in [1.29, 1.82) is 0 Å². The number of anilines is 2. The zero-order chi connectivity index (χ0) is 39.6. The van der Waals surface area contributed by atoms with Crippen molar-refractivity contribution in [1.82, 2.24) is 20.4 Å². The molecule has 0 atom stereocenters. The second-order valence-electron chi connectivity index (χ2n) is 13.6. The number of hydrogen-bond donors (Lipinski definition) is 3. The number of fused-ring (bicyclic) bond motifs is 2. The van der Waals surface area contributed by atoms with Crippen molar-refractivity contribution in [2.45, 2.75) is 56.8 Å². The molecule has 0 bridgehead atoms. The molecule has 4 heterocycles. The highest BCUT2D eigenvalue weighted by molar-refractivity contribution is 6.31. The van der Waals surface area contributed by atoms with Crippen LogP contribution < -0.4 is 30.0 Å². The van der Waals surface area contributed by atoms with Gasteiger partial charge in [-0.1, -0.05) is 89.4 Å². The van der Waals surface area contributed by atoms with Crippen LogP contribution in [0.15, 0.2) is 93.8 Å². The van der Waals surface area contributed by atoms with E-state index >= 15 is 0 Å². The minimum Gasteiger partial charge on any atom is -0.481 e. The molecule has 4 aliphatic rings. The van der Waals surface area contributed by atoms with E-state index in [4.69, 9.17) is 61.8 Å². The van der Waals surface area contributed by atoms with E-state index in [2.05, 4.69) is 25.7 Å². The van der Waals surface area contributed by atoms with Gasteiger partial charge in [0.1, 0.15) is 0 Å². The van der Waals surface area contributed by atoms with Crippen LogP contribution >= 0.6 is 23.2 Å². The summed E-state index contributed by atoms with van der Waals surface area (Å²) in [6.45, 7) is 0.424. The maximum Gasteiger partial charge on any atom is 0.322 e. The summed E-state index contributed by atoms with van der Waals surface area (Å²) in [6, 6.07) is 26.1. The Kier molecular flexibility index (Phi) is 11.5. The number of nitrogens with two attached hydrogens (primary N) is 1. The fourth-order valence-corrected chi connectivity index (χ4v) is 6.86. The second kappa shape index (κ2) is 16.6. The molecule has 2 aliphatic carbocycles. The number of aliphatic carboxylic acids is 1. The first-order chi connectivity index (χ1) is 27.6. The van der Waals surface area contributed by atoms with Gasteiger partial charge in [0.05, 0.1) is 23.7 Å². The fourth-order valence-electron chi connectivity index (χ4n) is 6.45. The van der Waals surface area contributed by atoms with Gasteiger partial charge >= 0.3 is 18.0 Å². The van der Waals surface area contributed by atoms with E-state index in [1.54, 1.807) is 18.2 Å². The maximum absolute atomic E-state index is 12.9. The predicted octanol–water partition coefficient (Wildman–Crippen LogP) is 7.78. The quantitative estimate of drug-likeness (QED) is 0.127. The van der Waals surface area contributed by atoms with Gasteiger partial charge in [0.2, 0.25) is 31.3 Å². The topological polar surface area (TPSA) is 207 Å². The number of ether oxygens (including phenoxy) is 4. The highest BCUT2D eigenvalue weighted by atomic mass is 35.5. The molecule has 2 aromatic heterocycles. The van der Waals surface area contributed by atoms with Gasteiger partial charge in [-0.15, -0.1) is 10.2 Å². The molecule has 0 saturated heterocycles. The lowest BCUT2D eigenvalue weighted by molar-refractivity contribution is -0.140.